The molecule has 2 aromatic carbocycles. The van der Waals surface area contributed by atoms with Crippen molar-refractivity contribution in [1.29, 1.82) is 0 Å². The van der Waals surface area contributed by atoms with Crippen molar-refractivity contribution in [1.82, 2.24) is 0 Å². The molecule has 0 aliphatic carbocycles. The fourth-order valence-electron chi connectivity index (χ4n) is 2.42. The number of esters is 1. The molecule has 0 aliphatic heterocycles. The molecule has 0 amide bonds. The molecule has 6 heteroatoms. The first-order chi connectivity index (χ1) is 14.3. The third kappa shape index (κ3) is 9.45. The van der Waals surface area contributed by atoms with Crippen LogP contribution in [0.1, 0.15) is 45.7 Å². The summed E-state index contributed by atoms with van der Waals surface area (Å²) in [6.45, 7) is 9.68. The highest BCUT2D eigenvalue weighted by molar-refractivity contribution is 5.79. The second-order valence-corrected chi connectivity index (χ2v) is 7.27. The molecule has 0 aromatic heterocycles. The van der Waals surface area contributed by atoms with E-state index in [0.717, 1.165) is 11.1 Å². The monoisotopic (exact) mass is 414 g/mol. The molecule has 2 rings (SSSR count). The predicted molar refractivity (Wildman–Crippen MR) is 116 cm³/mol. The normalized spacial score (nSPS) is 12.3. The number of aliphatic imine (C=N–C) groups is 1. The molecular formula is C24H32NO5-. The van der Waals surface area contributed by atoms with E-state index in [1.54, 1.807) is 20.8 Å². The number of ether oxygens (including phenoxy) is 3. The van der Waals surface area contributed by atoms with Crippen molar-refractivity contribution in [2.75, 3.05) is 7.11 Å². The smallest absolute Gasteiger partial charge is 0.331 e. The summed E-state index contributed by atoms with van der Waals surface area (Å²) in [5, 5.41) is 11.9. The molecule has 164 valence electrons. The van der Waals surface area contributed by atoms with Crippen molar-refractivity contribution in [3.05, 3.63) is 65.7 Å². The van der Waals surface area contributed by atoms with Crippen molar-refractivity contribution < 1.29 is 24.1 Å². The lowest BCUT2D eigenvalue weighted by Gasteiger charge is -2.30. The van der Waals surface area contributed by atoms with E-state index in [1.807, 2.05) is 68.4 Å². The molecule has 0 N–H and O–H groups in total. The predicted octanol–water partition coefficient (Wildman–Crippen LogP) is 3.91. The van der Waals surface area contributed by atoms with E-state index in [-0.39, 0.29) is 6.42 Å². The average Bonchev–Trinajstić information content (AvgIpc) is 2.73. The van der Waals surface area contributed by atoms with Gasteiger partial charge < -0.3 is 19.3 Å². The van der Waals surface area contributed by atoms with Crippen LogP contribution in [-0.4, -0.2) is 30.8 Å². The van der Waals surface area contributed by atoms with E-state index in [0.29, 0.717) is 12.4 Å². The highest BCUT2D eigenvalue weighted by Gasteiger charge is 2.19. The van der Waals surface area contributed by atoms with Gasteiger partial charge in [-0.1, -0.05) is 77.1 Å². The largest absolute Gasteiger partial charge is 0.595 e. The summed E-state index contributed by atoms with van der Waals surface area (Å²) < 4.78 is 15.7. The molecule has 2 aromatic rings. The maximum absolute atomic E-state index is 12.0. The second-order valence-electron chi connectivity index (χ2n) is 7.27. The number of carbonyl (C=O) groups is 1. The van der Waals surface area contributed by atoms with Gasteiger partial charge >= 0.3 is 5.97 Å². The fourth-order valence-corrected chi connectivity index (χ4v) is 2.42. The van der Waals surface area contributed by atoms with Gasteiger partial charge in [0.15, 0.2) is 6.04 Å². The second kappa shape index (κ2) is 12.5. The van der Waals surface area contributed by atoms with Crippen molar-refractivity contribution in [3.8, 4) is 5.75 Å². The molecule has 0 fully saturated rings. The van der Waals surface area contributed by atoms with E-state index in [1.165, 1.54) is 7.11 Å². The van der Waals surface area contributed by atoms with Crippen LogP contribution in [0, 0.1) is 0 Å². The molecule has 0 spiro atoms. The van der Waals surface area contributed by atoms with E-state index in [2.05, 4.69) is 4.99 Å². The number of nitrogens with zero attached hydrogens (tertiary/aromatic N) is 1. The highest BCUT2D eigenvalue weighted by Crippen LogP contribution is 2.17. The Morgan fingerprint density at radius 1 is 1.00 bits per heavy atom. The first kappa shape index (κ1) is 25.0. The standard InChI is InChI=1S/C22H27NO5.C2H6/c1-22(2,3)28-21(25)23-19(20(24)26-4)14-16-10-12-18(13-11-16)27-15-17-8-6-5-7-9-17;1-2/h5-13,19H,14-15H2,1-4H3,(H,23,25);1-2H3/p-1/t19-;/m0./s1. The van der Waals surface area contributed by atoms with E-state index >= 15 is 0 Å². The van der Waals surface area contributed by atoms with Crippen LogP contribution in [0.25, 0.3) is 0 Å². The molecule has 6 nitrogen and oxygen atoms in total. The van der Waals surface area contributed by atoms with Gasteiger partial charge in [-0.3, -0.25) is 4.99 Å². The first-order valence-electron chi connectivity index (χ1n) is 10.0. The Morgan fingerprint density at radius 2 is 1.60 bits per heavy atom. The van der Waals surface area contributed by atoms with Crippen molar-refractivity contribution in [3.63, 3.8) is 0 Å². The first-order valence-corrected chi connectivity index (χ1v) is 10.0. The van der Waals surface area contributed by atoms with Crippen LogP contribution < -0.4 is 9.84 Å². The van der Waals surface area contributed by atoms with E-state index in [9.17, 15) is 9.90 Å². The van der Waals surface area contributed by atoms with Crippen LogP contribution in [0.15, 0.2) is 59.6 Å². The van der Waals surface area contributed by atoms with Gasteiger partial charge in [0.05, 0.1) is 7.11 Å². The van der Waals surface area contributed by atoms with Gasteiger partial charge in [0.2, 0.25) is 0 Å². The van der Waals surface area contributed by atoms with Gasteiger partial charge in [-0.15, -0.1) is 0 Å². The molecule has 0 bridgehead atoms. The molecule has 0 radical (unpaired) electrons. The summed E-state index contributed by atoms with van der Waals surface area (Å²) in [5.41, 5.74) is 1.22. The minimum Gasteiger partial charge on any atom is -0.595 e. The van der Waals surface area contributed by atoms with Gasteiger partial charge in [0, 0.05) is 12.0 Å². The number of rotatable bonds is 7. The van der Waals surface area contributed by atoms with Crippen LogP contribution in [-0.2, 0) is 27.3 Å². The van der Waals surface area contributed by atoms with Crippen LogP contribution in [0.5, 0.6) is 5.75 Å². The minimum absolute atomic E-state index is 0.227. The summed E-state index contributed by atoms with van der Waals surface area (Å²) in [6, 6.07) is 16.2. The molecule has 0 saturated carbocycles. The summed E-state index contributed by atoms with van der Waals surface area (Å²) >= 11 is 0. The Labute approximate surface area is 179 Å². The van der Waals surface area contributed by atoms with Gasteiger partial charge in [0.25, 0.3) is 0 Å². The minimum atomic E-state index is -0.962. The Morgan fingerprint density at radius 3 is 2.13 bits per heavy atom. The zero-order chi connectivity index (χ0) is 22.6. The number of hydrogen-bond donors (Lipinski definition) is 0. The van der Waals surface area contributed by atoms with Crippen molar-refractivity contribution in [2.24, 2.45) is 4.99 Å². The Kier molecular flexibility index (Phi) is 10.4. The third-order valence-electron chi connectivity index (χ3n) is 3.73. The molecule has 0 aliphatic rings. The van der Waals surface area contributed by atoms with E-state index in [4.69, 9.17) is 14.2 Å². The number of carbonyl (C=O) groups excluding carboxylic acids is 1. The lowest BCUT2D eigenvalue weighted by molar-refractivity contribution is -0.261. The van der Waals surface area contributed by atoms with Crippen molar-refractivity contribution >= 4 is 12.1 Å². The van der Waals surface area contributed by atoms with Gasteiger partial charge in [-0.05, 0) is 23.3 Å². The molecular weight excluding hydrogens is 382 g/mol. The average molecular weight is 415 g/mol. The summed E-state index contributed by atoms with van der Waals surface area (Å²) in [7, 11) is 1.26. The van der Waals surface area contributed by atoms with Gasteiger partial charge in [-0.2, -0.15) is 0 Å². The summed E-state index contributed by atoms with van der Waals surface area (Å²) in [6.07, 6.45) is -0.559. The topological polar surface area (TPSA) is 80.2 Å². The summed E-state index contributed by atoms with van der Waals surface area (Å²) in [5.74, 6) is 0.126. The summed E-state index contributed by atoms with van der Waals surface area (Å²) in [4.78, 5) is 15.9. The maximum Gasteiger partial charge on any atom is 0.331 e. The number of methoxy groups -OCH3 is 1. The number of hydrogen-bond acceptors (Lipinski definition) is 6. The van der Waals surface area contributed by atoms with Gasteiger partial charge in [0.1, 0.15) is 18.4 Å². The Balaban J connectivity index is 0.00000218. The van der Waals surface area contributed by atoms with E-state index < -0.39 is 23.7 Å². The Hall–Kier alpha value is -3.02. The fraction of sp³-hybridized carbons (Fsp3) is 0.417. The van der Waals surface area contributed by atoms with Crippen molar-refractivity contribution in [2.45, 2.75) is 59.3 Å². The van der Waals surface area contributed by atoms with Gasteiger partial charge in [-0.25, -0.2) is 4.79 Å². The van der Waals surface area contributed by atoms with Crippen LogP contribution >= 0.6 is 0 Å². The maximum atomic E-state index is 12.0. The zero-order valence-corrected chi connectivity index (χ0v) is 18.7. The molecule has 1 atom stereocenters. The molecule has 0 unspecified atom stereocenters. The van der Waals surface area contributed by atoms with Crippen LogP contribution in [0.2, 0.25) is 0 Å². The zero-order valence-electron chi connectivity index (χ0n) is 18.7. The lowest BCUT2D eigenvalue weighted by Crippen LogP contribution is -2.35. The molecule has 30 heavy (non-hydrogen) atoms. The Bertz CT molecular complexity index is 779. The number of benzene rings is 2. The lowest BCUT2D eigenvalue weighted by atomic mass is 10.1. The third-order valence-corrected chi connectivity index (χ3v) is 3.73. The quantitative estimate of drug-likeness (QED) is 0.390. The molecule has 0 heterocycles. The highest BCUT2D eigenvalue weighted by atomic mass is 16.6. The van der Waals surface area contributed by atoms with Crippen LogP contribution in [0.3, 0.4) is 0 Å². The SMILES string of the molecule is CC.COC(=O)[C@H](Cc1ccc(OCc2ccccc2)cc1)N=C([O-])OC(C)(C)C. The van der Waals surface area contributed by atoms with Crippen LogP contribution in [0.4, 0.5) is 0 Å². The molecule has 0 saturated heterocycles.